The lowest BCUT2D eigenvalue weighted by atomic mass is 10.1. The highest BCUT2D eigenvalue weighted by Crippen LogP contribution is 2.31. The maximum Gasteiger partial charge on any atom is 0.139 e. The number of nitrogens with zero attached hydrogens (tertiary/aromatic N) is 4. The van der Waals surface area contributed by atoms with Gasteiger partial charge >= 0.3 is 0 Å². The largest absolute Gasteiger partial charge is 0.327 e. The van der Waals surface area contributed by atoms with Gasteiger partial charge in [0.2, 0.25) is 0 Å². The highest BCUT2D eigenvalue weighted by Gasteiger charge is 2.27. The van der Waals surface area contributed by atoms with Gasteiger partial charge in [-0.05, 0) is 55.4 Å². The van der Waals surface area contributed by atoms with Gasteiger partial charge in [0, 0.05) is 32.2 Å². The van der Waals surface area contributed by atoms with Crippen LogP contribution in [0.4, 0.5) is 4.39 Å². The molecule has 1 aromatic carbocycles. The van der Waals surface area contributed by atoms with E-state index in [1.165, 1.54) is 6.42 Å². The fourth-order valence-corrected chi connectivity index (χ4v) is 4.18. The number of fused-ring (bicyclic) bond motifs is 1. The van der Waals surface area contributed by atoms with Crippen LogP contribution in [0.2, 0.25) is 0 Å². The average molecular weight is 411 g/mol. The number of aryl methyl sites for hydroxylation is 1. The maximum atomic E-state index is 14.1. The van der Waals surface area contributed by atoms with Gasteiger partial charge in [-0.15, -0.1) is 0 Å². The van der Waals surface area contributed by atoms with Gasteiger partial charge in [-0.3, -0.25) is 4.90 Å². The smallest absolute Gasteiger partial charge is 0.139 e. The Labute approximate surface area is 158 Å². The molecule has 1 atom stereocenters. The topological polar surface area (TPSA) is 24.3 Å². The summed E-state index contributed by atoms with van der Waals surface area (Å²) in [5, 5.41) is 0. The molecule has 1 aromatic heterocycles. The minimum absolute atomic E-state index is 0.225. The summed E-state index contributed by atoms with van der Waals surface area (Å²) >= 11 is 3.29. The number of halogens is 2. The molecule has 2 aromatic rings. The molecule has 6 heteroatoms. The zero-order valence-electron chi connectivity index (χ0n) is 15.4. The Kier molecular flexibility index (Phi) is 6.12. The van der Waals surface area contributed by atoms with Gasteiger partial charge in [-0.25, -0.2) is 9.37 Å². The van der Waals surface area contributed by atoms with E-state index >= 15 is 0 Å². The maximum absolute atomic E-state index is 14.1. The highest BCUT2D eigenvalue weighted by molar-refractivity contribution is 9.10. The third-order valence-electron chi connectivity index (χ3n) is 5.19. The minimum Gasteiger partial charge on any atom is -0.327 e. The van der Waals surface area contributed by atoms with Crippen molar-refractivity contribution in [3.05, 3.63) is 28.2 Å². The minimum atomic E-state index is -0.225. The van der Waals surface area contributed by atoms with Crippen LogP contribution in [-0.4, -0.2) is 52.6 Å². The Morgan fingerprint density at radius 1 is 1.20 bits per heavy atom. The van der Waals surface area contributed by atoms with Crippen LogP contribution in [-0.2, 0) is 6.54 Å². The molecule has 1 fully saturated rings. The molecule has 0 bridgehead atoms. The van der Waals surface area contributed by atoms with Crippen molar-refractivity contribution in [2.75, 3.05) is 33.2 Å². The van der Waals surface area contributed by atoms with Crippen molar-refractivity contribution in [2.45, 2.75) is 45.7 Å². The third kappa shape index (κ3) is 3.91. The molecule has 1 aliphatic rings. The van der Waals surface area contributed by atoms with E-state index in [2.05, 4.69) is 51.2 Å². The standard InChI is InChI=1S/C19H28BrFN4/c1-4-7-17(24-9-6-8-23(3)10-11-24)19-22-16-12-14(20)15(21)13-18(16)25(19)5-2/h12-13,17H,4-11H2,1-3H3. The summed E-state index contributed by atoms with van der Waals surface area (Å²) in [4.78, 5) is 9.92. The molecule has 3 rings (SSSR count). The van der Waals surface area contributed by atoms with E-state index in [-0.39, 0.29) is 5.82 Å². The monoisotopic (exact) mass is 410 g/mol. The van der Waals surface area contributed by atoms with E-state index in [4.69, 9.17) is 4.98 Å². The number of benzene rings is 1. The van der Waals surface area contributed by atoms with Crippen LogP contribution < -0.4 is 0 Å². The Bertz CT molecular complexity index is 730. The molecule has 0 aliphatic carbocycles. The molecule has 0 saturated carbocycles. The van der Waals surface area contributed by atoms with Gasteiger partial charge in [-0.2, -0.15) is 0 Å². The Morgan fingerprint density at radius 3 is 2.72 bits per heavy atom. The number of aromatic nitrogens is 2. The fraction of sp³-hybridized carbons (Fsp3) is 0.632. The number of imidazole rings is 1. The molecule has 2 heterocycles. The zero-order valence-corrected chi connectivity index (χ0v) is 17.0. The Hall–Kier alpha value is -0.980. The van der Waals surface area contributed by atoms with Crippen molar-refractivity contribution in [1.82, 2.24) is 19.4 Å². The first-order valence-corrected chi connectivity index (χ1v) is 10.1. The van der Waals surface area contributed by atoms with Crippen molar-refractivity contribution in [2.24, 2.45) is 0 Å². The van der Waals surface area contributed by atoms with Gasteiger partial charge in [0.1, 0.15) is 11.6 Å². The van der Waals surface area contributed by atoms with E-state index in [0.717, 1.165) is 62.4 Å². The molecule has 0 N–H and O–H groups in total. The number of hydrogen-bond acceptors (Lipinski definition) is 3. The van der Waals surface area contributed by atoms with Crippen LogP contribution in [0, 0.1) is 5.82 Å². The van der Waals surface area contributed by atoms with Crippen molar-refractivity contribution < 1.29 is 4.39 Å². The summed E-state index contributed by atoms with van der Waals surface area (Å²) in [5.74, 6) is 0.860. The van der Waals surface area contributed by atoms with Crippen LogP contribution in [0.25, 0.3) is 11.0 Å². The summed E-state index contributed by atoms with van der Waals surface area (Å²) in [5.41, 5.74) is 1.77. The number of hydrogen-bond donors (Lipinski definition) is 0. The molecule has 1 unspecified atom stereocenters. The fourth-order valence-electron chi connectivity index (χ4n) is 3.85. The molecule has 138 valence electrons. The van der Waals surface area contributed by atoms with E-state index in [9.17, 15) is 4.39 Å². The van der Waals surface area contributed by atoms with E-state index < -0.39 is 0 Å². The van der Waals surface area contributed by atoms with Gasteiger partial charge in [0.15, 0.2) is 0 Å². The first kappa shape index (κ1) is 18.8. The molecular weight excluding hydrogens is 383 g/mol. The summed E-state index contributed by atoms with van der Waals surface area (Å²) in [6, 6.07) is 3.71. The number of likely N-dealkylation sites (N-methyl/N-ethyl adjacent to an activating group) is 1. The van der Waals surface area contributed by atoms with E-state index in [1.54, 1.807) is 12.1 Å². The molecule has 1 saturated heterocycles. The predicted molar refractivity (Wildman–Crippen MR) is 104 cm³/mol. The van der Waals surface area contributed by atoms with Crippen LogP contribution >= 0.6 is 15.9 Å². The molecule has 0 amide bonds. The second-order valence-corrected chi connectivity index (χ2v) is 7.82. The summed E-state index contributed by atoms with van der Waals surface area (Å²) < 4.78 is 16.7. The second kappa shape index (κ2) is 8.14. The SMILES string of the molecule is CCCC(c1nc2cc(Br)c(F)cc2n1CC)N1CCCN(C)CC1. The molecular formula is C19H28BrFN4. The lowest BCUT2D eigenvalue weighted by Crippen LogP contribution is -2.34. The van der Waals surface area contributed by atoms with Crippen molar-refractivity contribution in [3.8, 4) is 0 Å². The molecule has 4 nitrogen and oxygen atoms in total. The second-order valence-electron chi connectivity index (χ2n) is 6.97. The van der Waals surface area contributed by atoms with Crippen molar-refractivity contribution >= 4 is 27.0 Å². The lowest BCUT2D eigenvalue weighted by molar-refractivity contribution is 0.182. The van der Waals surface area contributed by atoms with Crippen LogP contribution in [0.3, 0.4) is 0 Å². The van der Waals surface area contributed by atoms with Crippen molar-refractivity contribution in [3.63, 3.8) is 0 Å². The van der Waals surface area contributed by atoms with Gasteiger partial charge < -0.3 is 9.47 Å². The highest BCUT2D eigenvalue weighted by atomic mass is 79.9. The van der Waals surface area contributed by atoms with Crippen molar-refractivity contribution in [1.29, 1.82) is 0 Å². The van der Waals surface area contributed by atoms with Gasteiger partial charge in [0.05, 0.1) is 21.5 Å². The van der Waals surface area contributed by atoms with Crippen LogP contribution in [0.15, 0.2) is 16.6 Å². The Morgan fingerprint density at radius 2 is 2.00 bits per heavy atom. The first-order valence-electron chi connectivity index (χ1n) is 9.32. The van der Waals surface area contributed by atoms with Gasteiger partial charge in [0.25, 0.3) is 0 Å². The zero-order chi connectivity index (χ0) is 18.0. The molecule has 1 aliphatic heterocycles. The predicted octanol–water partition coefficient (Wildman–Crippen LogP) is 4.44. The van der Waals surface area contributed by atoms with E-state index in [0.29, 0.717) is 10.5 Å². The average Bonchev–Trinajstić information content (AvgIpc) is 2.78. The summed E-state index contributed by atoms with van der Waals surface area (Å²) in [7, 11) is 2.19. The quantitative estimate of drug-likeness (QED) is 0.727. The molecule has 25 heavy (non-hydrogen) atoms. The van der Waals surface area contributed by atoms with Crippen LogP contribution in [0.5, 0.6) is 0 Å². The summed E-state index contributed by atoms with van der Waals surface area (Å²) in [6.45, 7) is 9.55. The normalized spacial score (nSPS) is 18.6. The molecule has 0 spiro atoms. The Balaban J connectivity index is 2.03. The van der Waals surface area contributed by atoms with Crippen LogP contribution in [0.1, 0.15) is 45.0 Å². The third-order valence-corrected chi connectivity index (χ3v) is 5.80. The van der Waals surface area contributed by atoms with E-state index in [1.807, 2.05) is 0 Å². The lowest BCUT2D eigenvalue weighted by Gasteiger charge is -2.30. The first-order chi connectivity index (χ1) is 12.0. The van der Waals surface area contributed by atoms with Gasteiger partial charge in [-0.1, -0.05) is 13.3 Å². The molecule has 0 radical (unpaired) electrons. The number of rotatable bonds is 5. The summed E-state index contributed by atoms with van der Waals surface area (Å²) in [6.07, 6.45) is 3.38.